The number of ketones is 1. The molecule has 4 rings (SSSR count). The SMILES string of the molecule is CC(C)=CCn1c(N2CCCC(C)(N)C2)nc2c1c(=O)n(CC(=O)c1ccccc1)c(=O)n2C. The zero-order valence-electron chi connectivity index (χ0n) is 20.2. The molecule has 1 aromatic carbocycles. The van der Waals surface area contributed by atoms with Gasteiger partial charge in [-0.2, -0.15) is 4.98 Å². The van der Waals surface area contributed by atoms with E-state index in [1.54, 1.807) is 31.3 Å². The van der Waals surface area contributed by atoms with E-state index in [1.807, 2.05) is 37.5 Å². The van der Waals surface area contributed by atoms with Crippen LogP contribution in [0.3, 0.4) is 0 Å². The third-order valence-electron chi connectivity index (χ3n) is 6.30. The first-order valence-electron chi connectivity index (χ1n) is 11.5. The molecule has 3 aromatic rings. The molecule has 0 radical (unpaired) electrons. The molecular formula is C25H32N6O3. The summed E-state index contributed by atoms with van der Waals surface area (Å²) in [6, 6.07) is 8.66. The molecule has 9 heteroatoms. The van der Waals surface area contributed by atoms with Crippen LogP contribution in [0.1, 0.15) is 44.0 Å². The molecule has 9 nitrogen and oxygen atoms in total. The lowest BCUT2D eigenvalue weighted by molar-refractivity contribution is 0.0969. The standard InChI is InChI=1S/C25H32N6O3/c1-17(2)11-14-30-20-21(27-23(30)29-13-8-12-25(3,26)16-29)28(4)24(34)31(22(20)33)15-19(32)18-9-6-5-7-10-18/h5-7,9-11H,8,12-16,26H2,1-4H3. The van der Waals surface area contributed by atoms with Crippen LogP contribution >= 0.6 is 0 Å². The molecule has 2 aromatic heterocycles. The fourth-order valence-electron chi connectivity index (χ4n) is 4.49. The number of rotatable bonds is 6. The summed E-state index contributed by atoms with van der Waals surface area (Å²) >= 11 is 0. The van der Waals surface area contributed by atoms with Gasteiger partial charge in [0.25, 0.3) is 5.56 Å². The van der Waals surface area contributed by atoms with Gasteiger partial charge >= 0.3 is 5.69 Å². The van der Waals surface area contributed by atoms with Gasteiger partial charge in [-0.3, -0.25) is 18.7 Å². The first kappa shape index (κ1) is 23.7. The average molecular weight is 465 g/mol. The van der Waals surface area contributed by atoms with E-state index >= 15 is 0 Å². The van der Waals surface area contributed by atoms with Crippen LogP contribution in [0.4, 0.5) is 5.95 Å². The maximum absolute atomic E-state index is 13.6. The number of hydrogen-bond donors (Lipinski definition) is 1. The van der Waals surface area contributed by atoms with Crippen molar-refractivity contribution in [3.8, 4) is 0 Å². The van der Waals surface area contributed by atoms with E-state index in [0.29, 0.717) is 35.8 Å². The van der Waals surface area contributed by atoms with E-state index < -0.39 is 11.2 Å². The second-order valence-electron chi connectivity index (χ2n) is 9.68. The highest BCUT2D eigenvalue weighted by Crippen LogP contribution is 2.26. The monoisotopic (exact) mass is 464 g/mol. The number of aromatic nitrogens is 4. The third-order valence-corrected chi connectivity index (χ3v) is 6.30. The second kappa shape index (κ2) is 9.06. The number of fused-ring (bicyclic) bond motifs is 1. The summed E-state index contributed by atoms with van der Waals surface area (Å²) in [5.41, 5.74) is 7.14. The van der Waals surface area contributed by atoms with E-state index in [0.717, 1.165) is 29.5 Å². The minimum Gasteiger partial charge on any atom is -0.340 e. The van der Waals surface area contributed by atoms with Crippen molar-refractivity contribution in [2.24, 2.45) is 12.8 Å². The lowest BCUT2D eigenvalue weighted by Gasteiger charge is -2.38. The highest BCUT2D eigenvalue weighted by molar-refractivity contribution is 5.95. The van der Waals surface area contributed by atoms with Crippen molar-refractivity contribution >= 4 is 22.9 Å². The van der Waals surface area contributed by atoms with Gasteiger partial charge in [0, 0.05) is 37.8 Å². The van der Waals surface area contributed by atoms with E-state index in [1.165, 1.54) is 4.57 Å². The van der Waals surface area contributed by atoms with Crippen LogP contribution in [0.2, 0.25) is 0 Å². The summed E-state index contributed by atoms with van der Waals surface area (Å²) < 4.78 is 4.20. The molecule has 0 amide bonds. The molecule has 1 saturated heterocycles. The summed E-state index contributed by atoms with van der Waals surface area (Å²) in [7, 11) is 1.58. The average Bonchev–Trinajstić information content (AvgIpc) is 3.18. The Bertz CT molecular complexity index is 1370. The summed E-state index contributed by atoms with van der Waals surface area (Å²) in [5.74, 6) is 0.313. The quantitative estimate of drug-likeness (QED) is 0.442. The Kier molecular flexibility index (Phi) is 6.31. The van der Waals surface area contributed by atoms with Gasteiger partial charge in [0.05, 0.1) is 6.54 Å². The highest BCUT2D eigenvalue weighted by atomic mass is 16.2. The molecule has 34 heavy (non-hydrogen) atoms. The van der Waals surface area contributed by atoms with Crippen LogP contribution in [0.15, 0.2) is 51.6 Å². The Morgan fingerprint density at radius 2 is 1.88 bits per heavy atom. The smallest absolute Gasteiger partial charge is 0.332 e. The molecule has 0 aliphatic carbocycles. The molecule has 1 aliphatic heterocycles. The van der Waals surface area contributed by atoms with E-state index in [2.05, 4.69) is 4.90 Å². The normalized spacial score (nSPS) is 18.3. The van der Waals surface area contributed by atoms with E-state index in [4.69, 9.17) is 10.7 Å². The van der Waals surface area contributed by atoms with Crippen molar-refractivity contribution in [3.05, 3.63) is 68.4 Å². The number of aryl methyl sites for hydroxylation is 1. The van der Waals surface area contributed by atoms with Crippen LogP contribution in [0.25, 0.3) is 11.2 Å². The number of hydrogen-bond acceptors (Lipinski definition) is 6. The summed E-state index contributed by atoms with van der Waals surface area (Å²) in [4.78, 5) is 46.4. The van der Waals surface area contributed by atoms with Crippen molar-refractivity contribution < 1.29 is 4.79 Å². The number of anilines is 1. The molecular weight excluding hydrogens is 432 g/mol. The van der Waals surface area contributed by atoms with E-state index in [9.17, 15) is 14.4 Å². The zero-order valence-corrected chi connectivity index (χ0v) is 20.2. The Morgan fingerprint density at radius 1 is 1.18 bits per heavy atom. The lowest BCUT2D eigenvalue weighted by atomic mass is 9.93. The number of nitrogens with zero attached hydrogens (tertiary/aromatic N) is 5. The maximum Gasteiger partial charge on any atom is 0.332 e. The van der Waals surface area contributed by atoms with Gasteiger partial charge < -0.3 is 15.2 Å². The van der Waals surface area contributed by atoms with Gasteiger partial charge in [-0.15, -0.1) is 0 Å². The number of carbonyl (C=O) groups excluding carboxylic acids is 1. The van der Waals surface area contributed by atoms with Crippen molar-refractivity contribution in [2.75, 3.05) is 18.0 Å². The van der Waals surface area contributed by atoms with Crippen molar-refractivity contribution in [3.63, 3.8) is 0 Å². The zero-order chi connectivity index (χ0) is 24.6. The summed E-state index contributed by atoms with van der Waals surface area (Å²) in [5, 5.41) is 0. The van der Waals surface area contributed by atoms with Crippen LogP contribution in [-0.2, 0) is 20.1 Å². The first-order chi connectivity index (χ1) is 16.1. The predicted octanol–water partition coefficient (Wildman–Crippen LogP) is 2.06. The summed E-state index contributed by atoms with van der Waals surface area (Å²) in [6.45, 7) is 7.44. The van der Waals surface area contributed by atoms with Gasteiger partial charge in [0.1, 0.15) is 0 Å². The number of imidazole rings is 1. The second-order valence-corrected chi connectivity index (χ2v) is 9.68. The molecule has 1 fully saturated rings. The van der Waals surface area contributed by atoms with Gasteiger partial charge in [0.2, 0.25) is 5.95 Å². The minimum absolute atomic E-state index is 0.301. The Hall–Kier alpha value is -3.46. The summed E-state index contributed by atoms with van der Waals surface area (Å²) in [6.07, 6.45) is 3.83. The predicted molar refractivity (Wildman–Crippen MR) is 133 cm³/mol. The number of benzene rings is 1. The molecule has 1 unspecified atom stereocenters. The first-order valence-corrected chi connectivity index (χ1v) is 11.5. The molecule has 180 valence electrons. The van der Waals surface area contributed by atoms with Crippen LogP contribution in [0.5, 0.6) is 0 Å². The van der Waals surface area contributed by atoms with Gasteiger partial charge in [-0.1, -0.05) is 42.0 Å². The molecule has 3 heterocycles. The Morgan fingerprint density at radius 3 is 2.53 bits per heavy atom. The number of allylic oxidation sites excluding steroid dienone is 2. The van der Waals surface area contributed by atoms with Crippen molar-refractivity contribution in [2.45, 2.75) is 52.2 Å². The lowest BCUT2D eigenvalue weighted by Crippen LogP contribution is -2.52. The van der Waals surface area contributed by atoms with E-state index in [-0.39, 0.29) is 17.9 Å². The molecule has 0 saturated carbocycles. The number of carbonyl (C=O) groups is 1. The molecule has 0 spiro atoms. The number of nitrogens with two attached hydrogens (primary N) is 1. The third kappa shape index (κ3) is 4.48. The molecule has 1 aliphatic rings. The van der Waals surface area contributed by atoms with Gasteiger partial charge in [0.15, 0.2) is 16.9 Å². The maximum atomic E-state index is 13.6. The minimum atomic E-state index is -0.567. The van der Waals surface area contributed by atoms with Crippen molar-refractivity contribution in [1.29, 1.82) is 0 Å². The van der Waals surface area contributed by atoms with Crippen molar-refractivity contribution in [1.82, 2.24) is 18.7 Å². The van der Waals surface area contributed by atoms with Gasteiger partial charge in [-0.05, 0) is 33.6 Å². The fourth-order valence-corrected chi connectivity index (χ4v) is 4.49. The van der Waals surface area contributed by atoms with Crippen LogP contribution < -0.4 is 21.9 Å². The highest BCUT2D eigenvalue weighted by Gasteiger charge is 2.31. The van der Waals surface area contributed by atoms with Crippen LogP contribution in [-0.4, -0.2) is 43.1 Å². The Balaban J connectivity index is 1.89. The van der Waals surface area contributed by atoms with Gasteiger partial charge in [-0.25, -0.2) is 4.79 Å². The number of Topliss-reactive ketones (excluding diaryl/α,β-unsaturated/α-hetero) is 1. The fraction of sp³-hybridized carbons (Fsp3) is 0.440. The topological polar surface area (TPSA) is 108 Å². The molecule has 1 atom stereocenters. The number of piperidine rings is 1. The Labute approximate surface area is 198 Å². The molecule has 2 N–H and O–H groups in total. The largest absolute Gasteiger partial charge is 0.340 e. The van der Waals surface area contributed by atoms with Crippen LogP contribution in [0, 0.1) is 0 Å². The molecule has 0 bridgehead atoms.